The lowest BCUT2D eigenvalue weighted by Crippen LogP contribution is -2.03. The van der Waals surface area contributed by atoms with Gasteiger partial charge in [-0.1, -0.05) is 0 Å². The van der Waals surface area contributed by atoms with Crippen molar-refractivity contribution in [1.82, 2.24) is 19.7 Å². The number of hydrogen-bond acceptors (Lipinski definition) is 3. The lowest BCUT2D eigenvalue weighted by Gasteiger charge is -2.04. The Balaban J connectivity index is 2.59. The highest BCUT2D eigenvalue weighted by molar-refractivity contribution is 9.10. The molecule has 15 heavy (non-hydrogen) atoms. The number of halogens is 1. The zero-order valence-corrected chi connectivity index (χ0v) is 10.4. The zero-order valence-electron chi connectivity index (χ0n) is 8.82. The Morgan fingerprint density at radius 3 is 2.53 bits per heavy atom. The second kappa shape index (κ2) is 3.73. The van der Waals surface area contributed by atoms with Gasteiger partial charge in [-0.05, 0) is 48.3 Å². The second-order valence-corrected chi connectivity index (χ2v) is 4.29. The Hall–Kier alpha value is -1.23. The van der Waals surface area contributed by atoms with E-state index in [4.69, 9.17) is 0 Å². The van der Waals surface area contributed by atoms with Crippen LogP contribution in [0.5, 0.6) is 0 Å². The topological polar surface area (TPSA) is 43.6 Å². The van der Waals surface area contributed by atoms with Crippen LogP contribution in [0, 0.1) is 20.8 Å². The number of pyridine rings is 1. The molecule has 4 nitrogen and oxygen atoms in total. The highest BCUT2D eigenvalue weighted by Crippen LogP contribution is 2.19. The summed E-state index contributed by atoms with van der Waals surface area (Å²) in [6, 6.07) is 2.01. The molecular weight excluding hydrogens is 256 g/mol. The van der Waals surface area contributed by atoms with Gasteiger partial charge in [0.05, 0.1) is 4.47 Å². The molecular formula is C10H11BrN4. The standard InChI is InChI=1S/C10H11BrN4/c1-6-4-9(11)10(12-5-6)15-8(3)13-7(2)14-15/h4-5H,1-3H3. The van der Waals surface area contributed by atoms with Crippen LogP contribution in [0.15, 0.2) is 16.7 Å². The summed E-state index contributed by atoms with van der Waals surface area (Å²) in [6.07, 6.45) is 1.82. The summed E-state index contributed by atoms with van der Waals surface area (Å²) >= 11 is 3.48. The van der Waals surface area contributed by atoms with Crippen LogP contribution in [0.3, 0.4) is 0 Å². The quantitative estimate of drug-likeness (QED) is 0.796. The lowest BCUT2D eigenvalue weighted by atomic mass is 10.3. The first kappa shape index (κ1) is 10.3. The molecule has 0 spiro atoms. The summed E-state index contributed by atoms with van der Waals surface area (Å²) in [5.41, 5.74) is 1.11. The Morgan fingerprint density at radius 2 is 2.00 bits per heavy atom. The summed E-state index contributed by atoms with van der Waals surface area (Å²) in [5, 5.41) is 4.28. The number of hydrogen-bond donors (Lipinski definition) is 0. The van der Waals surface area contributed by atoms with Crippen molar-refractivity contribution in [1.29, 1.82) is 0 Å². The van der Waals surface area contributed by atoms with Crippen molar-refractivity contribution in [2.75, 3.05) is 0 Å². The molecule has 0 saturated heterocycles. The van der Waals surface area contributed by atoms with Crippen LogP contribution in [-0.4, -0.2) is 19.7 Å². The molecule has 2 rings (SSSR count). The summed E-state index contributed by atoms with van der Waals surface area (Å²) in [6.45, 7) is 5.78. The van der Waals surface area contributed by atoms with Gasteiger partial charge >= 0.3 is 0 Å². The van der Waals surface area contributed by atoms with E-state index in [-0.39, 0.29) is 0 Å². The minimum atomic E-state index is 0.752. The van der Waals surface area contributed by atoms with E-state index >= 15 is 0 Å². The average molecular weight is 267 g/mol. The molecule has 0 atom stereocenters. The molecule has 0 aliphatic rings. The normalized spacial score (nSPS) is 10.7. The fraction of sp³-hybridized carbons (Fsp3) is 0.300. The van der Waals surface area contributed by atoms with Crippen molar-refractivity contribution in [2.24, 2.45) is 0 Å². The average Bonchev–Trinajstić information content (AvgIpc) is 2.45. The van der Waals surface area contributed by atoms with E-state index < -0.39 is 0 Å². The monoisotopic (exact) mass is 266 g/mol. The smallest absolute Gasteiger partial charge is 0.169 e. The van der Waals surface area contributed by atoms with Crippen molar-refractivity contribution in [3.8, 4) is 5.82 Å². The molecule has 0 aliphatic heterocycles. The van der Waals surface area contributed by atoms with Crippen molar-refractivity contribution < 1.29 is 0 Å². The number of aromatic nitrogens is 4. The molecule has 5 heteroatoms. The van der Waals surface area contributed by atoms with Gasteiger partial charge in [0, 0.05) is 6.20 Å². The third kappa shape index (κ3) is 1.92. The van der Waals surface area contributed by atoms with Crippen molar-refractivity contribution in [3.05, 3.63) is 33.9 Å². The second-order valence-electron chi connectivity index (χ2n) is 3.44. The van der Waals surface area contributed by atoms with E-state index in [1.807, 2.05) is 33.0 Å². The van der Waals surface area contributed by atoms with E-state index in [1.165, 1.54) is 0 Å². The van der Waals surface area contributed by atoms with Crippen LogP contribution in [0.1, 0.15) is 17.2 Å². The molecule has 2 aromatic rings. The van der Waals surface area contributed by atoms with Crippen LogP contribution in [-0.2, 0) is 0 Å². The van der Waals surface area contributed by atoms with Gasteiger partial charge in [-0.25, -0.2) is 9.97 Å². The molecule has 78 valence electrons. The third-order valence-corrected chi connectivity index (χ3v) is 2.62. The Morgan fingerprint density at radius 1 is 1.27 bits per heavy atom. The van der Waals surface area contributed by atoms with Gasteiger partial charge in [0.2, 0.25) is 0 Å². The maximum atomic E-state index is 4.34. The van der Waals surface area contributed by atoms with Crippen LogP contribution in [0.4, 0.5) is 0 Å². The number of rotatable bonds is 1. The lowest BCUT2D eigenvalue weighted by molar-refractivity contribution is 0.798. The van der Waals surface area contributed by atoms with Crippen molar-refractivity contribution in [3.63, 3.8) is 0 Å². The van der Waals surface area contributed by atoms with E-state index in [1.54, 1.807) is 4.68 Å². The third-order valence-electron chi connectivity index (χ3n) is 2.03. The molecule has 0 radical (unpaired) electrons. The van der Waals surface area contributed by atoms with Gasteiger partial charge in [0.25, 0.3) is 0 Å². The Labute approximate surface area is 96.5 Å². The number of aryl methyl sites for hydroxylation is 3. The van der Waals surface area contributed by atoms with Crippen molar-refractivity contribution >= 4 is 15.9 Å². The van der Waals surface area contributed by atoms with Gasteiger partial charge in [0.15, 0.2) is 5.82 Å². The molecule has 0 saturated carbocycles. The molecule has 0 aliphatic carbocycles. The van der Waals surface area contributed by atoms with Crippen molar-refractivity contribution in [2.45, 2.75) is 20.8 Å². The van der Waals surface area contributed by atoms with Gasteiger partial charge in [-0.2, -0.15) is 4.68 Å². The van der Waals surface area contributed by atoms with E-state index in [9.17, 15) is 0 Å². The minimum Gasteiger partial charge on any atom is -0.236 e. The van der Waals surface area contributed by atoms with Crippen LogP contribution < -0.4 is 0 Å². The maximum absolute atomic E-state index is 4.34. The SMILES string of the molecule is Cc1cnc(-n2nc(C)nc2C)c(Br)c1. The van der Waals surface area contributed by atoms with E-state index in [0.29, 0.717) is 0 Å². The zero-order chi connectivity index (χ0) is 11.0. The first-order chi connectivity index (χ1) is 7.08. The molecule has 0 N–H and O–H groups in total. The molecule has 0 unspecified atom stereocenters. The predicted molar refractivity (Wildman–Crippen MR) is 61.1 cm³/mol. The van der Waals surface area contributed by atoms with Gasteiger partial charge in [-0.3, -0.25) is 0 Å². The molecule has 0 aromatic carbocycles. The number of nitrogens with zero attached hydrogens (tertiary/aromatic N) is 4. The molecule has 0 bridgehead atoms. The first-order valence-corrected chi connectivity index (χ1v) is 5.40. The largest absolute Gasteiger partial charge is 0.236 e. The Bertz CT molecular complexity index is 504. The minimum absolute atomic E-state index is 0.752. The van der Waals surface area contributed by atoms with Gasteiger partial charge in [0.1, 0.15) is 11.6 Å². The Kier molecular flexibility index (Phi) is 2.56. The van der Waals surface area contributed by atoms with Crippen LogP contribution in [0.2, 0.25) is 0 Å². The van der Waals surface area contributed by atoms with E-state index in [0.717, 1.165) is 27.5 Å². The van der Waals surface area contributed by atoms with Crippen LogP contribution >= 0.6 is 15.9 Å². The summed E-state index contributed by atoms with van der Waals surface area (Å²) in [5.74, 6) is 2.37. The van der Waals surface area contributed by atoms with Crippen LogP contribution in [0.25, 0.3) is 5.82 Å². The predicted octanol–water partition coefficient (Wildman–Crippen LogP) is 2.35. The fourth-order valence-corrected chi connectivity index (χ4v) is 2.04. The summed E-state index contributed by atoms with van der Waals surface area (Å²) < 4.78 is 2.66. The van der Waals surface area contributed by atoms with E-state index in [2.05, 4.69) is 31.0 Å². The molecule has 0 amide bonds. The molecule has 0 fully saturated rings. The van der Waals surface area contributed by atoms with Gasteiger partial charge in [-0.15, -0.1) is 5.10 Å². The molecule has 2 heterocycles. The summed E-state index contributed by atoms with van der Waals surface area (Å²) in [7, 11) is 0. The highest BCUT2D eigenvalue weighted by Gasteiger charge is 2.09. The fourth-order valence-electron chi connectivity index (χ4n) is 1.40. The maximum Gasteiger partial charge on any atom is 0.169 e. The highest BCUT2D eigenvalue weighted by atomic mass is 79.9. The van der Waals surface area contributed by atoms with Gasteiger partial charge < -0.3 is 0 Å². The summed E-state index contributed by atoms with van der Waals surface area (Å²) in [4.78, 5) is 8.58. The molecule has 2 aromatic heterocycles. The first-order valence-electron chi connectivity index (χ1n) is 4.60.